The van der Waals surface area contributed by atoms with Crippen molar-refractivity contribution in [2.24, 2.45) is 23.5 Å². The van der Waals surface area contributed by atoms with Gasteiger partial charge in [0.15, 0.2) is 0 Å². The van der Waals surface area contributed by atoms with Crippen LogP contribution >= 0.6 is 0 Å². The molecule has 0 heterocycles. The van der Waals surface area contributed by atoms with E-state index in [2.05, 4.69) is 19.2 Å². The molecule has 104 valence electrons. The molecule has 2 rings (SSSR count). The molecule has 0 aliphatic heterocycles. The normalized spacial score (nSPS) is 41.4. The Kier molecular flexibility index (Phi) is 4.66. The number of rotatable bonds is 2. The molecule has 0 saturated heterocycles. The molecule has 3 atom stereocenters. The minimum absolute atomic E-state index is 0.198. The topological polar surface area (TPSA) is 55.1 Å². The van der Waals surface area contributed by atoms with Crippen LogP contribution in [0, 0.1) is 17.8 Å². The van der Waals surface area contributed by atoms with Crippen LogP contribution in [0.2, 0.25) is 0 Å². The van der Waals surface area contributed by atoms with Gasteiger partial charge in [0, 0.05) is 18.0 Å². The highest BCUT2D eigenvalue weighted by molar-refractivity contribution is 5.79. The van der Waals surface area contributed by atoms with E-state index in [1.807, 2.05) is 0 Å². The van der Waals surface area contributed by atoms with E-state index in [1.54, 1.807) is 0 Å². The zero-order chi connectivity index (χ0) is 13.1. The van der Waals surface area contributed by atoms with Crippen LogP contribution in [0.4, 0.5) is 0 Å². The first-order valence-corrected chi connectivity index (χ1v) is 7.62. The molecular formula is C15H28N2O. The van der Waals surface area contributed by atoms with Gasteiger partial charge in [-0.05, 0) is 56.8 Å². The molecule has 3 heteroatoms. The molecule has 3 nitrogen and oxygen atoms in total. The van der Waals surface area contributed by atoms with E-state index < -0.39 is 0 Å². The summed E-state index contributed by atoms with van der Waals surface area (Å²) >= 11 is 0. The van der Waals surface area contributed by atoms with Crippen molar-refractivity contribution in [3.8, 4) is 0 Å². The summed E-state index contributed by atoms with van der Waals surface area (Å²) in [5, 5.41) is 3.27. The van der Waals surface area contributed by atoms with Gasteiger partial charge in [-0.25, -0.2) is 0 Å². The van der Waals surface area contributed by atoms with Gasteiger partial charge in [-0.2, -0.15) is 0 Å². The molecule has 2 aliphatic carbocycles. The fourth-order valence-corrected chi connectivity index (χ4v) is 3.54. The Balaban J connectivity index is 1.80. The lowest BCUT2D eigenvalue weighted by Gasteiger charge is -2.34. The highest BCUT2D eigenvalue weighted by Crippen LogP contribution is 2.30. The Morgan fingerprint density at radius 3 is 2.33 bits per heavy atom. The van der Waals surface area contributed by atoms with Gasteiger partial charge in [0.1, 0.15) is 0 Å². The van der Waals surface area contributed by atoms with Gasteiger partial charge in [0.2, 0.25) is 5.91 Å². The second kappa shape index (κ2) is 6.05. The van der Waals surface area contributed by atoms with E-state index in [0.717, 1.165) is 38.0 Å². The summed E-state index contributed by atoms with van der Waals surface area (Å²) in [7, 11) is 0. The minimum atomic E-state index is 0.198. The Labute approximate surface area is 111 Å². The molecule has 0 spiro atoms. The first-order chi connectivity index (χ1) is 8.56. The second-order valence-electron chi connectivity index (χ2n) is 6.62. The molecule has 2 fully saturated rings. The van der Waals surface area contributed by atoms with Crippen molar-refractivity contribution in [1.29, 1.82) is 0 Å². The summed E-state index contributed by atoms with van der Waals surface area (Å²) in [5.41, 5.74) is 5.96. The maximum atomic E-state index is 12.3. The Hall–Kier alpha value is -0.570. The zero-order valence-electron chi connectivity index (χ0n) is 11.8. The summed E-state index contributed by atoms with van der Waals surface area (Å²) in [4.78, 5) is 12.3. The predicted molar refractivity (Wildman–Crippen MR) is 74.0 cm³/mol. The van der Waals surface area contributed by atoms with Gasteiger partial charge in [0.05, 0.1) is 0 Å². The van der Waals surface area contributed by atoms with Gasteiger partial charge < -0.3 is 11.1 Å². The van der Waals surface area contributed by atoms with Crippen molar-refractivity contribution in [1.82, 2.24) is 5.32 Å². The molecule has 0 aromatic carbocycles. The van der Waals surface area contributed by atoms with Crippen molar-refractivity contribution in [3.63, 3.8) is 0 Å². The molecular weight excluding hydrogens is 224 g/mol. The lowest BCUT2D eigenvalue weighted by atomic mass is 9.77. The highest BCUT2D eigenvalue weighted by Gasteiger charge is 2.32. The molecule has 18 heavy (non-hydrogen) atoms. The SMILES string of the molecule is CC1CCC(NC(=O)C2CCC(N)CC2C)CC1. The molecule has 2 saturated carbocycles. The maximum absolute atomic E-state index is 12.3. The van der Waals surface area contributed by atoms with Crippen molar-refractivity contribution < 1.29 is 4.79 Å². The third kappa shape index (κ3) is 3.47. The van der Waals surface area contributed by atoms with E-state index >= 15 is 0 Å². The first-order valence-electron chi connectivity index (χ1n) is 7.62. The van der Waals surface area contributed by atoms with Gasteiger partial charge >= 0.3 is 0 Å². The summed E-state index contributed by atoms with van der Waals surface area (Å²) in [6, 6.07) is 0.732. The number of nitrogens with two attached hydrogens (primary N) is 1. The summed E-state index contributed by atoms with van der Waals surface area (Å²) in [6.07, 6.45) is 7.81. The van der Waals surface area contributed by atoms with Crippen molar-refractivity contribution in [2.45, 2.75) is 70.9 Å². The molecule has 0 bridgehead atoms. The quantitative estimate of drug-likeness (QED) is 0.793. The zero-order valence-corrected chi connectivity index (χ0v) is 11.8. The van der Waals surface area contributed by atoms with Crippen LogP contribution in [0.1, 0.15) is 58.8 Å². The van der Waals surface area contributed by atoms with Crippen LogP contribution in [0.15, 0.2) is 0 Å². The third-order valence-corrected chi connectivity index (χ3v) is 4.91. The van der Waals surface area contributed by atoms with Crippen LogP contribution in [0.5, 0.6) is 0 Å². The number of carbonyl (C=O) groups excluding carboxylic acids is 1. The van der Waals surface area contributed by atoms with E-state index in [0.29, 0.717) is 18.0 Å². The lowest BCUT2D eigenvalue weighted by molar-refractivity contribution is -0.128. The fraction of sp³-hybridized carbons (Fsp3) is 0.933. The summed E-state index contributed by atoms with van der Waals surface area (Å²) in [6.45, 7) is 4.48. The number of nitrogens with one attached hydrogen (secondary N) is 1. The van der Waals surface area contributed by atoms with Crippen LogP contribution < -0.4 is 11.1 Å². The first kappa shape index (κ1) is 13.9. The highest BCUT2D eigenvalue weighted by atomic mass is 16.1. The number of hydrogen-bond donors (Lipinski definition) is 2. The molecule has 0 aromatic heterocycles. The summed E-state index contributed by atoms with van der Waals surface area (Å²) in [5.74, 6) is 1.76. The smallest absolute Gasteiger partial charge is 0.223 e. The second-order valence-corrected chi connectivity index (χ2v) is 6.62. The Morgan fingerprint density at radius 2 is 1.72 bits per heavy atom. The van der Waals surface area contributed by atoms with E-state index in [9.17, 15) is 4.79 Å². The van der Waals surface area contributed by atoms with Crippen molar-refractivity contribution in [2.75, 3.05) is 0 Å². The standard InChI is InChI=1S/C15H28N2O/c1-10-3-6-13(7-4-10)17-15(18)14-8-5-12(16)9-11(14)2/h10-14H,3-9,16H2,1-2H3,(H,17,18). The molecule has 0 aromatic rings. The molecule has 1 amide bonds. The van der Waals surface area contributed by atoms with Gasteiger partial charge in [0.25, 0.3) is 0 Å². The van der Waals surface area contributed by atoms with Gasteiger partial charge in [-0.1, -0.05) is 13.8 Å². The Bertz CT molecular complexity index is 284. The number of hydrogen-bond acceptors (Lipinski definition) is 2. The van der Waals surface area contributed by atoms with Crippen molar-refractivity contribution >= 4 is 5.91 Å². The molecule has 2 aliphatic rings. The summed E-state index contributed by atoms with van der Waals surface area (Å²) < 4.78 is 0. The lowest BCUT2D eigenvalue weighted by Crippen LogP contribution is -2.45. The minimum Gasteiger partial charge on any atom is -0.353 e. The number of carbonyl (C=O) groups is 1. The van der Waals surface area contributed by atoms with E-state index in [-0.39, 0.29) is 11.8 Å². The maximum Gasteiger partial charge on any atom is 0.223 e. The van der Waals surface area contributed by atoms with Gasteiger partial charge in [-0.3, -0.25) is 4.79 Å². The van der Waals surface area contributed by atoms with Crippen molar-refractivity contribution in [3.05, 3.63) is 0 Å². The van der Waals surface area contributed by atoms with Crippen LogP contribution in [0.25, 0.3) is 0 Å². The third-order valence-electron chi connectivity index (χ3n) is 4.91. The Morgan fingerprint density at radius 1 is 1.06 bits per heavy atom. The van der Waals surface area contributed by atoms with Crippen LogP contribution in [0.3, 0.4) is 0 Å². The molecule has 3 unspecified atom stereocenters. The largest absolute Gasteiger partial charge is 0.353 e. The molecule has 0 radical (unpaired) electrons. The van der Waals surface area contributed by atoms with Gasteiger partial charge in [-0.15, -0.1) is 0 Å². The monoisotopic (exact) mass is 252 g/mol. The van der Waals surface area contributed by atoms with Crippen LogP contribution in [-0.2, 0) is 4.79 Å². The van der Waals surface area contributed by atoms with Crippen LogP contribution in [-0.4, -0.2) is 18.0 Å². The number of amides is 1. The predicted octanol–water partition coefficient (Wildman–Crippen LogP) is 2.44. The van der Waals surface area contributed by atoms with E-state index in [1.165, 1.54) is 12.8 Å². The average molecular weight is 252 g/mol. The average Bonchev–Trinajstić information content (AvgIpc) is 2.32. The fourth-order valence-electron chi connectivity index (χ4n) is 3.54. The van der Waals surface area contributed by atoms with E-state index in [4.69, 9.17) is 5.73 Å². The molecule has 3 N–H and O–H groups in total.